The summed E-state index contributed by atoms with van der Waals surface area (Å²) in [6, 6.07) is 0.597. The van der Waals surface area contributed by atoms with Crippen molar-refractivity contribution in [1.29, 1.82) is 0 Å². The standard InChI is InChI=1S/C15H32N2O/c1-5-17(6-2)11-14(18)10-16-15-9-7-8-12(3)13(15)4/h12-16,18H,5-11H2,1-4H3. The Hall–Kier alpha value is -0.120. The van der Waals surface area contributed by atoms with Crippen LogP contribution in [0.5, 0.6) is 0 Å². The van der Waals surface area contributed by atoms with Crippen molar-refractivity contribution in [2.75, 3.05) is 26.2 Å². The van der Waals surface area contributed by atoms with Crippen LogP contribution in [-0.4, -0.2) is 48.3 Å². The summed E-state index contributed by atoms with van der Waals surface area (Å²) in [5.74, 6) is 1.55. The third kappa shape index (κ3) is 4.87. The van der Waals surface area contributed by atoms with E-state index in [0.29, 0.717) is 6.04 Å². The first-order valence-corrected chi connectivity index (χ1v) is 7.72. The zero-order valence-corrected chi connectivity index (χ0v) is 12.7. The molecule has 2 N–H and O–H groups in total. The molecule has 1 saturated carbocycles. The van der Waals surface area contributed by atoms with Crippen molar-refractivity contribution < 1.29 is 5.11 Å². The largest absolute Gasteiger partial charge is 0.390 e. The average Bonchev–Trinajstić information content (AvgIpc) is 2.37. The number of likely N-dealkylation sites (N-methyl/N-ethyl adjacent to an activating group) is 1. The fourth-order valence-electron chi connectivity index (χ4n) is 3.00. The number of hydrogen-bond donors (Lipinski definition) is 2. The van der Waals surface area contributed by atoms with E-state index in [1.807, 2.05) is 0 Å². The van der Waals surface area contributed by atoms with E-state index in [-0.39, 0.29) is 6.10 Å². The molecule has 18 heavy (non-hydrogen) atoms. The van der Waals surface area contributed by atoms with E-state index in [1.54, 1.807) is 0 Å². The Morgan fingerprint density at radius 2 is 1.89 bits per heavy atom. The van der Waals surface area contributed by atoms with Gasteiger partial charge in [-0.15, -0.1) is 0 Å². The van der Waals surface area contributed by atoms with Gasteiger partial charge in [0.1, 0.15) is 0 Å². The first kappa shape index (κ1) is 15.9. The molecule has 108 valence electrons. The highest BCUT2D eigenvalue weighted by atomic mass is 16.3. The average molecular weight is 256 g/mol. The number of rotatable bonds is 7. The lowest BCUT2D eigenvalue weighted by atomic mass is 9.78. The lowest BCUT2D eigenvalue weighted by molar-refractivity contribution is 0.104. The number of nitrogens with one attached hydrogen (secondary N) is 1. The van der Waals surface area contributed by atoms with Crippen LogP contribution in [-0.2, 0) is 0 Å². The zero-order valence-electron chi connectivity index (χ0n) is 12.7. The summed E-state index contributed by atoms with van der Waals surface area (Å²) in [7, 11) is 0. The van der Waals surface area contributed by atoms with Crippen molar-refractivity contribution >= 4 is 0 Å². The van der Waals surface area contributed by atoms with Gasteiger partial charge < -0.3 is 15.3 Å². The van der Waals surface area contributed by atoms with E-state index in [4.69, 9.17) is 0 Å². The Morgan fingerprint density at radius 3 is 2.50 bits per heavy atom. The van der Waals surface area contributed by atoms with Crippen molar-refractivity contribution in [2.24, 2.45) is 11.8 Å². The van der Waals surface area contributed by atoms with Crippen LogP contribution in [0.15, 0.2) is 0 Å². The van der Waals surface area contributed by atoms with Crippen LogP contribution < -0.4 is 5.32 Å². The van der Waals surface area contributed by atoms with E-state index >= 15 is 0 Å². The van der Waals surface area contributed by atoms with Crippen molar-refractivity contribution in [3.8, 4) is 0 Å². The van der Waals surface area contributed by atoms with Crippen molar-refractivity contribution in [3.05, 3.63) is 0 Å². The molecule has 4 unspecified atom stereocenters. The molecule has 0 aromatic carbocycles. The molecule has 1 fully saturated rings. The van der Waals surface area contributed by atoms with Crippen molar-refractivity contribution in [1.82, 2.24) is 10.2 Å². The van der Waals surface area contributed by atoms with Crippen LogP contribution in [0.2, 0.25) is 0 Å². The monoisotopic (exact) mass is 256 g/mol. The Morgan fingerprint density at radius 1 is 1.22 bits per heavy atom. The topological polar surface area (TPSA) is 35.5 Å². The quantitative estimate of drug-likeness (QED) is 0.732. The zero-order chi connectivity index (χ0) is 13.5. The van der Waals surface area contributed by atoms with Crippen LogP contribution in [0.25, 0.3) is 0 Å². The van der Waals surface area contributed by atoms with Crippen LogP contribution in [0, 0.1) is 11.8 Å². The third-order valence-corrected chi connectivity index (χ3v) is 4.69. The third-order valence-electron chi connectivity index (χ3n) is 4.69. The molecular weight excluding hydrogens is 224 g/mol. The molecule has 3 nitrogen and oxygen atoms in total. The molecule has 0 spiro atoms. The number of aliphatic hydroxyl groups excluding tert-OH is 1. The fourth-order valence-corrected chi connectivity index (χ4v) is 3.00. The highest BCUT2D eigenvalue weighted by molar-refractivity contribution is 4.83. The van der Waals surface area contributed by atoms with Gasteiger partial charge >= 0.3 is 0 Å². The van der Waals surface area contributed by atoms with Crippen molar-refractivity contribution in [2.45, 2.75) is 59.1 Å². The maximum Gasteiger partial charge on any atom is 0.0791 e. The Labute approximate surface area is 113 Å². The van der Waals surface area contributed by atoms with Gasteiger partial charge in [0.25, 0.3) is 0 Å². The normalized spacial score (nSPS) is 30.7. The first-order valence-electron chi connectivity index (χ1n) is 7.72. The van der Waals surface area contributed by atoms with Gasteiger partial charge in [0.2, 0.25) is 0 Å². The second kappa shape index (κ2) is 8.13. The second-order valence-corrected chi connectivity index (χ2v) is 5.92. The Balaban J connectivity index is 2.26. The molecular formula is C15H32N2O. The summed E-state index contributed by atoms with van der Waals surface area (Å²) in [6.07, 6.45) is 3.72. The van der Waals surface area contributed by atoms with Crippen LogP contribution >= 0.6 is 0 Å². The molecule has 1 aliphatic rings. The predicted molar refractivity (Wildman–Crippen MR) is 77.8 cm³/mol. The van der Waals surface area contributed by atoms with Crippen LogP contribution in [0.1, 0.15) is 47.0 Å². The van der Waals surface area contributed by atoms with Gasteiger partial charge in [-0.1, -0.05) is 40.5 Å². The van der Waals surface area contributed by atoms with E-state index in [1.165, 1.54) is 19.3 Å². The van der Waals surface area contributed by atoms with Gasteiger partial charge in [0, 0.05) is 19.1 Å². The van der Waals surface area contributed by atoms with Crippen LogP contribution in [0.4, 0.5) is 0 Å². The molecule has 0 aliphatic heterocycles. The maximum absolute atomic E-state index is 10.1. The Bertz CT molecular complexity index is 219. The Kier molecular flexibility index (Phi) is 7.20. The number of nitrogens with zero attached hydrogens (tertiary/aromatic N) is 1. The lowest BCUT2D eigenvalue weighted by Crippen LogP contribution is -2.46. The molecule has 0 amide bonds. The number of hydrogen-bond acceptors (Lipinski definition) is 3. The van der Waals surface area contributed by atoms with Gasteiger partial charge in [-0.3, -0.25) is 0 Å². The van der Waals surface area contributed by atoms with Crippen molar-refractivity contribution in [3.63, 3.8) is 0 Å². The van der Waals surface area contributed by atoms with Gasteiger partial charge in [0.15, 0.2) is 0 Å². The molecule has 0 saturated heterocycles. The van der Waals surface area contributed by atoms with Gasteiger partial charge in [-0.25, -0.2) is 0 Å². The molecule has 0 heterocycles. The summed E-state index contributed by atoms with van der Waals surface area (Å²) >= 11 is 0. The van der Waals surface area contributed by atoms with E-state index < -0.39 is 0 Å². The highest BCUT2D eigenvalue weighted by Crippen LogP contribution is 2.29. The van der Waals surface area contributed by atoms with Crippen LogP contribution in [0.3, 0.4) is 0 Å². The lowest BCUT2D eigenvalue weighted by Gasteiger charge is -2.35. The SMILES string of the molecule is CCN(CC)CC(O)CNC1CCCC(C)C1C. The summed E-state index contributed by atoms with van der Waals surface area (Å²) in [5.41, 5.74) is 0. The van der Waals surface area contributed by atoms with Gasteiger partial charge in [0.05, 0.1) is 6.10 Å². The van der Waals surface area contributed by atoms with E-state index in [2.05, 4.69) is 37.9 Å². The highest BCUT2D eigenvalue weighted by Gasteiger charge is 2.26. The second-order valence-electron chi connectivity index (χ2n) is 5.92. The van der Waals surface area contributed by atoms with E-state index in [0.717, 1.165) is 38.0 Å². The summed E-state index contributed by atoms with van der Waals surface area (Å²) in [4.78, 5) is 2.28. The van der Waals surface area contributed by atoms with Gasteiger partial charge in [-0.2, -0.15) is 0 Å². The summed E-state index contributed by atoms with van der Waals surface area (Å²) < 4.78 is 0. The summed E-state index contributed by atoms with van der Waals surface area (Å²) in [6.45, 7) is 12.6. The number of aliphatic hydroxyl groups is 1. The molecule has 0 bridgehead atoms. The van der Waals surface area contributed by atoms with Gasteiger partial charge in [-0.05, 0) is 31.3 Å². The minimum absolute atomic E-state index is 0.241. The predicted octanol–water partition coefficient (Wildman–Crippen LogP) is 2.10. The fraction of sp³-hybridized carbons (Fsp3) is 1.00. The minimum Gasteiger partial charge on any atom is -0.390 e. The minimum atomic E-state index is -0.241. The first-order chi connectivity index (χ1) is 8.58. The molecule has 1 aliphatic carbocycles. The maximum atomic E-state index is 10.1. The molecule has 0 radical (unpaired) electrons. The molecule has 0 aromatic rings. The van der Waals surface area contributed by atoms with E-state index in [9.17, 15) is 5.11 Å². The summed E-state index contributed by atoms with van der Waals surface area (Å²) in [5, 5.41) is 13.6. The molecule has 4 atom stereocenters. The molecule has 3 heteroatoms. The smallest absolute Gasteiger partial charge is 0.0791 e. The molecule has 1 rings (SSSR count). The molecule has 0 aromatic heterocycles.